The normalized spacial score (nSPS) is 20.8. The van der Waals surface area contributed by atoms with Crippen LogP contribution in [0, 0.1) is 11.8 Å². The van der Waals surface area contributed by atoms with Crippen molar-refractivity contribution in [2.24, 2.45) is 17.6 Å². The molecule has 0 radical (unpaired) electrons. The van der Waals surface area contributed by atoms with E-state index in [1.54, 1.807) is 0 Å². The average Bonchev–Trinajstić information content (AvgIpc) is 3.31. The first-order valence-electron chi connectivity index (χ1n) is 8.51. The minimum atomic E-state index is 0. The lowest BCUT2D eigenvalue weighted by Gasteiger charge is -2.34. The van der Waals surface area contributed by atoms with E-state index in [2.05, 4.69) is 17.9 Å². The number of hydrogen-bond acceptors (Lipinski definition) is 3. The molecule has 1 saturated carbocycles. The van der Waals surface area contributed by atoms with Crippen molar-refractivity contribution in [1.29, 1.82) is 0 Å². The number of nitrogens with zero attached hydrogens (tertiary/aromatic N) is 1. The molecule has 2 N–H and O–H groups in total. The number of rotatable bonds is 6. The van der Waals surface area contributed by atoms with E-state index in [4.69, 9.17) is 22.1 Å². The summed E-state index contributed by atoms with van der Waals surface area (Å²) in [5.74, 6) is 2.44. The van der Waals surface area contributed by atoms with Crippen molar-refractivity contribution < 1.29 is 4.74 Å². The van der Waals surface area contributed by atoms with Gasteiger partial charge >= 0.3 is 0 Å². The second kappa shape index (κ2) is 8.57. The Bertz CT molecular complexity index is 498. The van der Waals surface area contributed by atoms with Gasteiger partial charge in [0.05, 0.1) is 6.61 Å². The molecule has 1 aromatic rings. The Morgan fingerprint density at radius 2 is 1.96 bits per heavy atom. The van der Waals surface area contributed by atoms with E-state index in [9.17, 15) is 0 Å². The van der Waals surface area contributed by atoms with E-state index >= 15 is 0 Å². The summed E-state index contributed by atoms with van der Waals surface area (Å²) in [6, 6.07) is 6.32. The number of piperidine rings is 1. The zero-order chi connectivity index (χ0) is 15.5. The molecule has 1 aliphatic carbocycles. The topological polar surface area (TPSA) is 38.5 Å². The molecule has 1 saturated heterocycles. The molecule has 0 aromatic heterocycles. The summed E-state index contributed by atoms with van der Waals surface area (Å²) >= 11 is 6.18. The molecule has 0 spiro atoms. The summed E-state index contributed by atoms with van der Waals surface area (Å²) in [6.07, 6.45) is 5.01. The number of halogens is 2. The Labute approximate surface area is 150 Å². The van der Waals surface area contributed by atoms with E-state index in [0.717, 1.165) is 42.9 Å². The van der Waals surface area contributed by atoms with Crippen LogP contribution in [0.5, 0.6) is 5.75 Å². The second-order valence-corrected chi connectivity index (χ2v) is 7.42. The van der Waals surface area contributed by atoms with Gasteiger partial charge in [0.2, 0.25) is 0 Å². The molecule has 130 valence electrons. The van der Waals surface area contributed by atoms with Crippen LogP contribution in [0.1, 0.15) is 38.2 Å². The largest absolute Gasteiger partial charge is 0.493 e. The fraction of sp³-hybridized carbons (Fsp3) is 0.667. The lowest BCUT2D eigenvalue weighted by atomic mass is 9.91. The van der Waals surface area contributed by atoms with E-state index in [0.29, 0.717) is 12.0 Å². The smallest absolute Gasteiger partial charge is 0.123 e. The molecule has 5 heteroatoms. The Hall–Kier alpha value is -0.480. The van der Waals surface area contributed by atoms with Crippen LogP contribution >= 0.6 is 24.0 Å². The molecule has 1 aliphatic heterocycles. The molecule has 3 rings (SSSR count). The third-order valence-corrected chi connectivity index (χ3v) is 5.20. The predicted molar refractivity (Wildman–Crippen MR) is 98.6 cm³/mol. The maximum atomic E-state index is 6.18. The van der Waals surface area contributed by atoms with Crippen molar-refractivity contribution >= 4 is 24.0 Å². The first-order valence-corrected chi connectivity index (χ1v) is 8.89. The van der Waals surface area contributed by atoms with E-state index in [-0.39, 0.29) is 12.4 Å². The van der Waals surface area contributed by atoms with Crippen molar-refractivity contribution in [2.45, 2.75) is 45.2 Å². The molecule has 1 atom stereocenters. The standard InChI is InChI=1S/C18H27ClN2O.ClH/c1-13(20)15-6-8-21(9-7-15)11-16-10-17(19)4-5-18(16)22-12-14-2-3-14;/h4-5,10,13-15H,2-3,6-9,11-12,20H2,1H3;1H. The summed E-state index contributed by atoms with van der Waals surface area (Å²) in [5.41, 5.74) is 7.24. The number of ether oxygens (including phenoxy) is 1. The highest BCUT2D eigenvalue weighted by molar-refractivity contribution is 6.30. The maximum absolute atomic E-state index is 6.18. The van der Waals surface area contributed by atoms with Gasteiger partial charge in [-0.15, -0.1) is 12.4 Å². The molecule has 2 aliphatic rings. The monoisotopic (exact) mass is 358 g/mol. The van der Waals surface area contributed by atoms with Crippen LogP contribution in [0.25, 0.3) is 0 Å². The zero-order valence-corrected chi connectivity index (χ0v) is 15.4. The lowest BCUT2D eigenvalue weighted by Crippen LogP contribution is -2.39. The maximum Gasteiger partial charge on any atom is 0.123 e. The van der Waals surface area contributed by atoms with Gasteiger partial charge in [0, 0.05) is 23.2 Å². The third-order valence-electron chi connectivity index (χ3n) is 4.96. The summed E-state index contributed by atoms with van der Waals surface area (Å²) in [5, 5.41) is 0.791. The van der Waals surface area contributed by atoms with E-state index in [1.807, 2.05) is 12.1 Å². The quantitative estimate of drug-likeness (QED) is 0.831. The van der Waals surface area contributed by atoms with Gasteiger partial charge in [-0.1, -0.05) is 11.6 Å². The van der Waals surface area contributed by atoms with Gasteiger partial charge in [0.15, 0.2) is 0 Å². The highest BCUT2D eigenvalue weighted by atomic mass is 35.5. The Morgan fingerprint density at radius 1 is 1.26 bits per heavy atom. The summed E-state index contributed by atoms with van der Waals surface area (Å²) in [7, 11) is 0. The van der Waals surface area contributed by atoms with Gasteiger partial charge in [0.1, 0.15) is 5.75 Å². The van der Waals surface area contributed by atoms with Crippen molar-refractivity contribution in [3.63, 3.8) is 0 Å². The third kappa shape index (κ3) is 5.53. The van der Waals surface area contributed by atoms with Gasteiger partial charge in [0.25, 0.3) is 0 Å². The second-order valence-electron chi connectivity index (χ2n) is 6.98. The van der Waals surface area contributed by atoms with E-state index < -0.39 is 0 Å². The zero-order valence-electron chi connectivity index (χ0n) is 13.8. The van der Waals surface area contributed by atoms with Crippen molar-refractivity contribution in [3.05, 3.63) is 28.8 Å². The van der Waals surface area contributed by atoms with Gasteiger partial charge in [-0.3, -0.25) is 4.90 Å². The number of hydrogen-bond donors (Lipinski definition) is 1. The number of nitrogens with two attached hydrogens (primary N) is 1. The highest BCUT2D eigenvalue weighted by Gasteiger charge is 2.24. The van der Waals surface area contributed by atoms with Crippen LogP contribution in [0.4, 0.5) is 0 Å². The number of likely N-dealkylation sites (tertiary alicyclic amines) is 1. The lowest BCUT2D eigenvalue weighted by molar-refractivity contribution is 0.163. The summed E-state index contributed by atoms with van der Waals surface area (Å²) in [6.45, 7) is 6.12. The first-order chi connectivity index (χ1) is 10.6. The van der Waals surface area contributed by atoms with Gasteiger partial charge < -0.3 is 10.5 Å². The minimum Gasteiger partial charge on any atom is -0.493 e. The molecule has 0 bridgehead atoms. The fourth-order valence-electron chi connectivity index (χ4n) is 3.18. The molecular weight excluding hydrogens is 331 g/mol. The fourth-order valence-corrected chi connectivity index (χ4v) is 3.38. The van der Waals surface area contributed by atoms with Crippen molar-refractivity contribution in [1.82, 2.24) is 4.90 Å². The predicted octanol–water partition coefficient (Wildman–Crippen LogP) is 4.11. The Balaban J connectivity index is 0.00000192. The van der Waals surface area contributed by atoms with Gasteiger partial charge in [-0.25, -0.2) is 0 Å². The highest BCUT2D eigenvalue weighted by Crippen LogP contribution is 2.32. The van der Waals surface area contributed by atoms with Crippen LogP contribution in [0.2, 0.25) is 5.02 Å². The molecule has 1 aromatic carbocycles. The Morgan fingerprint density at radius 3 is 2.57 bits per heavy atom. The molecule has 3 nitrogen and oxygen atoms in total. The molecule has 1 heterocycles. The van der Waals surface area contributed by atoms with Crippen LogP contribution < -0.4 is 10.5 Å². The van der Waals surface area contributed by atoms with Crippen molar-refractivity contribution in [3.8, 4) is 5.75 Å². The van der Waals surface area contributed by atoms with Crippen LogP contribution in [0.3, 0.4) is 0 Å². The molecular formula is C18H28Cl2N2O. The molecule has 0 amide bonds. The average molecular weight is 359 g/mol. The molecule has 1 unspecified atom stereocenters. The van der Waals surface area contributed by atoms with Crippen LogP contribution in [0.15, 0.2) is 18.2 Å². The van der Waals surface area contributed by atoms with Crippen LogP contribution in [-0.2, 0) is 6.54 Å². The van der Waals surface area contributed by atoms with Gasteiger partial charge in [-0.2, -0.15) is 0 Å². The van der Waals surface area contributed by atoms with Crippen molar-refractivity contribution in [2.75, 3.05) is 19.7 Å². The van der Waals surface area contributed by atoms with Crippen LogP contribution in [-0.4, -0.2) is 30.6 Å². The Kier molecular flexibility index (Phi) is 7.02. The molecule has 23 heavy (non-hydrogen) atoms. The SMILES string of the molecule is CC(N)C1CCN(Cc2cc(Cl)ccc2OCC2CC2)CC1.Cl. The number of benzene rings is 1. The van der Waals surface area contributed by atoms with Gasteiger partial charge in [-0.05, 0) is 75.7 Å². The first kappa shape index (κ1) is 18.9. The summed E-state index contributed by atoms with van der Waals surface area (Å²) < 4.78 is 6.01. The molecule has 2 fully saturated rings. The minimum absolute atomic E-state index is 0. The summed E-state index contributed by atoms with van der Waals surface area (Å²) in [4.78, 5) is 2.49. The van der Waals surface area contributed by atoms with E-state index in [1.165, 1.54) is 31.2 Å².